The van der Waals surface area contributed by atoms with Crippen molar-refractivity contribution in [3.8, 4) is 0 Å². The lowest BCUT2D eigenvalue weighted by atomic mass is 10.2. The van der Waals surface area contributed by atoms with Gasteiger partial charge in [-0.1, -0.05) is 51.8 Å². The van der Waals surface area contributed by atoms with Crippen molar-refractivity contribution in [2.24, 2.45) is 0 Å². The lowest BCUT2D eigenvalue weighted by Gasteiger charge is -2.25. The van der Waals surface area contributed by atoms with Crippen molar-refractivity contribution in [1.82, 2.24) is 0 Å². The van der Waals surface area contributed by atoms with Gasteiger partial charge in [0.15, 0.2) is 0 Å². The summed E-state index contributed by atoms with van der Waals surface area (Å²) in [5, 5.41) is 2.76. The van der Waals surface area contributed by atoms with Gasteiger partial charge in [0, 0.05) is 10.2 Å². The van der Waals surface area contributed by atoms with E-state index in [1.165, 1.54) is 0 Å². The van der Waals surface area contributed by atoms with Crippen LogP contribution in [-0.2, 0) is 14.8 Å². The molecular formula is C22H21BrN2O3S. The average Bonchev–Trinajstić information content (AvgIpc) is 2.69. The quantitative estimate of drug-likeness (QED) is 0.554. The van der Waals surface area contributed by atoms with Crippen LogP contribution >= 0.6 is 15.9 Å². The summed E-state index contributed by atoms with van der Waals surface area (Å²) in [4.78, 5) is 12.8. The van der Waals surface area contributed by atoms with Crippen molar-refractivity contribution in [2.75, 3.05) is 16.2 Å². The van der Waals surface area contributed by atoms with E-state index in [1.807, 2.05) is 26.0 Å². The Bertz CT molecular complexity index is 1110. The van der Waals surface area contributed by atoms with Gasteiger partial charge in [-0.3, -0.25) is 9.10 Å². The Hall–Kier alpha value is -2.64. The summed E-state index contributed by atoms with van der Waals surface area (Å²) in [5.41, 5.74) is 2.79. The average molecular weight is 473 g/mol. The van der Waals surface area contributed by atoms with Gasteiger partial charge in [-0.15, -0.1) is 0 Å². The highest BCUT2D eigenvalue weighted by Crippen LogP contribution is 2.27. The minimum atomic E-state index is -3.92. The van der Waals surface area contributed by atoms with Crippen LogP contribution in [0, 0.1) is 13.8 Å². The van der Waals surface area contributed by atoms with Crippen LogP contribution in [0.3, 0.4) is 0 Å². The molecule has 3 rings (SSSR count). The second-order valence-electron chi connectivity index (χ2n) is 6.67. The first-order chi connectivity index (χ1) is 13.8. The van der Waals surface area contributed by atoms with Gasteiger partial charge in [-0.05, 0) is 61.9 Å². The summed E-state index contributed by atoms with van der Waals surface area (Å²) >= 11 is 3.35. The molecule has 0 radical (unpaired) electrons. The molecule has 29 heavy (non-hydrogen) atoms. The zero-order valence-corrected chi connectivity index (χ0v) is 18.5. The number of carbonyl (C=O) groups is 1. The SMILES string of the molecule is Cc1ccc(S(=O)(=O)N(CC(=O)Nc2ccc(Br)cc2)c2ccccc2C)cc1. The molecule has 0 aromatic heterocycles. The van der Waals surface area contributed by atoms with Gasteiger partial charge in [-0.25, -0.2) is 8.42 Å². The summed E-state index contributed by atoms with van der Waals surface area (Å²) in [6.07, 6.45) is 0. The second kappa shape index (κ2) is 8.80. The molecule has 0 spiro atoms. The third kappa shape index (κ3) is 5.05. The predicted molar refractivity (Wildman–Crippen MR) is 120 cm³/mol. The molecule has 1 N–H and O–H groups in total. The second-order valence-corrected chi connectivity index (χ2v) is 9.44. The number of rotatable bonds is 6. The number of nitrogens with zero attached hydrogens (tertiary/aromatic N) is 1. The van der Waals surface area contributed by atoms with E-state index in [1.54, 1.807) is 60.7 Å². The maximum Gasteiger partial charge on any atom is 0.264 e. The van der Waals surface area contributed by atoms with E-state index in [0.717, 1.165) is 19.9 Å². The molecule has 0 unspecified atom stereocenters. The zero-order valence-electron chi connectivity index (χ0n) is 16.1. The standard InChI is InChI=1S/C22H21BrN2O3S/c1-16-7-13-20(14-8-16)29(27,28)25(21-6-4-3-5-17(21)2)15-22(26)24-19-11-9-18(23)10-12-19/h3-14H,15H2,1-2H3,(H,24,26). The molecule has 3 aromatic carbocycles. The molecular weight excluding hydrogens is 452 g/mol. The first kappa shape index (κ1) is 21.1. The van der Waals surface area contributed by atoms with Crippen molar-refractivity contribution in [3.05, 3.63) is 88.4 Å². The number of halogens is 1. The van der Waals surface area contributed by atoms with Crippen LogP contribution in [-0.4, -0.2) is 20.9 Å². The molecule has 0 saturated carbocycles. The van der Waals surface area contributed by atoms with Crippen LogP contribution in [0.2, 0.25) is 0 Å². The molecule has 0 aliphatic rings. The Labute approximate surface area is 179 Å². The van der Waals surface area contributed by atoms with Gasteiger partial charge in [0.25, 0.3) is 10.0 Å². The van der Waals surface area contributed by atoms with Gasteiger partial charge in [0.05, 0.1) is 10.6 Å². The lowest BCUT2D eigenvalue weighted by molar-refractivity contribution is -0.114. The first-order valence-electron chi connectivity index (χ1n) is 8.98. The Morgan fingerprint density at radius 2 is 1.55 bits per heavy atom. The van der Waals surface area contributed by atoms with Crippen LogP contribution in [0.5, 0.6) is 0 Å². The minimum Gasteiger partial charge on any atom is -0.325 e. The Balaban J connectivity index is 1.95. The fourth-order valence-corrected chi connectivity index (χ4v) is 4.59. The topological polar surface area (TPSA) is 66.5 Å². The summed E-state index contributed by atoms with van der Waals surface area (Å²) in [5.74, 6) is -0.425. The fourth-order valence-electron chi connectivity index (χ4n) is 2.84. The van der Waals surface area contributed by atoms with Crippen molar-refractivity contribution in [1.29, 1.82) is 0 Å². The van der Waals surface area contributed by atoms with Crippen molar-refractivity contribution in [3.63, 3.8) is 0 Å². The maximum absolute atomic E-state index is 13.4. The van der Waals surface area contributed by atoms with Crippen LogP contribution in [0.15, 0.2) is 82.2 Å². The summed E-state index contributed by atoms with van der Waals surface area (Å²) in [6, 6.07) is 20.8. The highest BCUT2D eigenvalue weighted by Gasteiger charge is 2.28. The highest BCUT2D eigenvalue weighted by atomic mass is 79.9. The molecule has 0 heterocycles. The van der Waals surface area contributed by atoms with Crippen LogP contribution in [0.4, 0.5) is 11.4 Å². The molecule has 150 valence electrons. The first-order valence-corrected chi connectivity index (χ1v) is 11.2. The molecule has 0 bridgehead atoms. The summed E-state index contributed by atoms with van der Waals surface area (Å²) in [6.45, 7) is 3.37. The molecule has 0 saturated heterocycles. The number of benzene rings is 3. The van der Waals surface area contributed by atoms with Crippen LogP contribution in [0.1, 0.15) is 11.1 Å². The zero-order chi connectivity index (χ0) is 21.0. The van der Waals surface area contributed by atoms with Gasteiger partial charge >= 0.3 is 0 Å². The van der Waals surface area contributed by atoms with Gasteiger partial charge < -0.3 is 5.32 Å². The van der Waals surface area contributed by atoms with Gasteiger partial charge in [0.2, 0.25) is 5.91 Å². The smallest absolute Gasteiger partial charge is 0.264 e. The number of sulfonamides is 1. The van der Waals surface area contributed by atoms with E-state index in [0.29, 0.717) is 11.4 Å². The molecule has 0 atom stereocenters. The van der Waals surface area contributed by atoms with E-state index in [4.69, 9.17) is 0 Å². The number of hydrogen-bond donors (Lipinski definition) is 1. The number of carbonyl (C=O) groups excluding carboxylic acids is 1. The van der Waals surface area contributed by atoms with Crippen molar-refractivity contribution < 1.29 is 13.2 Å². The maximum atomic E-state index is 13.4. The van der Waals surface area contributed by atoms with Gasteiger partial charge in [0.1, 0.15) is 6.54 Å². The summed E-state index contributed by atoms with van der Waals surface area (Å²) < 4.78 is 28.8. The summed E-state index contributed by atoms with van der Waals surface area (Å²) in [7, 11) is -3.92. The fraction of sp³-hybridized carbons (Fsp3) is 0.136. The predicted octanol–water partition coefficient (Wildman–Crippen LogP) is 4.90. The number of nitrogens with one attached hydrogen (secondary N) is 1. The molecule has 0 aliphatic heterocycles. The van der Waals surface area contributed by atoms with E-state index < -0.39 is 15.9 Å². The Morgan fingerprint density at radius 3 is 2.17 bits per heavy atom. The molecule has 5 nitrogen and oxygen atoms in total. The van der Waals surface area contributed by atoms with E-state index in [2.05, 4.69) is 21.2 Å². The van der Waals surface area contributed by atoms with Gasteiger partial charge in [-0.2, -0.15) is 0 Å². The van der Waals surface area contributed by atoms with E-state index >= 15 is 0 Å². The molecule has 0 fully saturated rings. The Kier molecular flexibility index (Phi) is 6.39. The molecule has 3 aromatic rings. The van der Waals surface area contributed by atoms with E-state index in [-0.39, 0.29) is 11.4 Å². The van der Waals surface area contributed by atoms with Crippen molar-refractivity contribution in [2.45, 2.75) is 18.7 Å². The molecule has 7 heteroatoms. The molecule has 0 aliphatic carbocycles. The third-order valence-electron chi connectivity index (χ3n) is 4.41. The Morgan fingerprint density at radius 1 is 0.931 bits per heavy atom. The number of hydrogen-bond acceptors (Lipinski definition) is 3. The number of anilines is 2. The molecule has 1 amide bonds. The normalized spacial score (nSPS) is 11.1. The van der Waals surface area contributed by atoms with Crippen LogP contribution in [0.25, 0.3) is 0 Å². The van der Waals surface area contributed by atoms with Crippen molar-refractivity contribution >= 4 is 43.2 Å². The highest BCUT2D eigenvalue weighted by molar-refractivity contribution is 9.10. The lowest BCUT2D eigenvalue weighted by Crippen LogP contribution is -2.38. The third-order valence-corrected chi connectivity index (χ3v) is 6.71. The van der Waals surface area contributed by atoms with Crippen LogP contribution < -0.4 is 9.62 Å². The minimum absolute atomic E-state index is 0.141. The number of para-hydroxylation sites is 1. The largest absolute Gasteiger partial charge is 0.325 e. The van der Waals surface area contributed by atoms with E-state index in [9.17, 15) is 13.2 Å². The monoisotopic (exact) mass is 472 g/mol. The number of aryl methyl sites for hydroxylation is 2. The number of amides is 1.